The first kappa shape index (κ1) is 17.9. The second-order valence-electron chi connectivity index (χ2n) is 7.11. The minimum Gasteiger partial charge on any atom is -0.486 e. The molecule has 1 aliphatic heterocycles. The SMILES string of the molecule is Cc1nc(-n2cccc2)sc1C(=O)N1CCC(Oc2cccc3cccnc23)C1. The molecule has 0 aliphatic carbocycles. The van der Waals surface area contributed by atoms with Crippen LogP contribution in [0.2, 0.25) is 0 Å². The molecule has 1 aliphatic rings. The molecule has 0 radical (unpaired) electrons. The van der Waals surface area contributed by atoms with Gasteiger partial charge in [-0.15, -0.1) is 0 Å². The van der Waals surface area contributed by atoms with Crippen molar-refractivity contribution in [3.63, 3.8) is 0 Å². The lowest BCUT2D eigenvalue weighted by atomic mass is 10.2. The van der Waals surface area contributed by atoms with Crippen molar-refractivity contribution in [1.82, 2.24) is 19.4 Å². The quantitative estimate of drug-likeness (QED) is 0.514. The van der Waals surface area contributed by atoms with Gasteiger partial charge in [0.1, 0.15) is 22.2 Å². The number of thiazole rings is 1. The van der Waals surface area contributed by atoms with Crippen molar-refractivity contribution in [2.24, 2.45) is 0 Å². The third-order valence-electron chi connectivity index (χ3n) is 5.13. The molecule has 6 nitrogen and oxygen atoms in total. The highest BCUT2D eigenvalue weighted by molar-refractivity contribution is 7.16. The summed E-state index contributed by atoms with van der Waals surface area (Å²) in [6, 6.07) is 13.8. The second-order valence-corrected chi connectivity index (χ2v) is 8.09. The number of benzene rings is 1. The molecule has 1 saturated heterocycles. The van der Waals surface area contributed by atoms with E-state index < -0.39 is 0 Å². The summed E-state index contributed by atoms with van der Waals surface area (Å²) in [6.45, 7) is 3.14. The predicted octanol–water partition coefficient (Wildman–Crippen LogP) is 4.08. The number of aromatic nitrogens is 3. The Bertz CT molecular complexity index is 1160. The van der Waals surface area contributed by atoms with Gasteiger partial charge in [0, 0.05) is 36.9 Å². The van der Waals surface area contributed by atoms with Crippen LogP contribution < -0.4 is 4.74 Å². The number of pyridine rings is 1. The number of carbonyl (C=O) groups excluding carboxylic acids is 1. The van der Waals surface area contributed by atoms with Gasteiger partial charge in [-0.3, -0.25) is 9.78 Å². The fraction of sp³-hybridized carbons (Fsp3) is 0.227. The third-order valence-corrected chi connectivity index (χ3v) is 6.29. The summed E-state index contributed by atoms with van der Waals surface area (Å²) < 4.78 is 8.15. The van der Waals surface area contributed by atoms with E-state index in [9.17, 15) is 4.79 Å². The lowest BCUT2D eigenvalue weighted by Crippen LogP contribution is -2.30. The molecule has 3 aromatic heterocycles. The van der Waals surface area contributed by atoms with Gasteiger partial charge in [-0.1, -0.05) is 29.5 Å². The fourth-order valence-electron chi connectivity index (χ4n) is 3.66. The van der Waals surface area contributed by atoms with Crippen LogP contribution >= 0.6 is 11.3 Å². The molecular formula is C22H20N4O2S. The molecular weight excluding hydrogens is 384 g/mol. The Labute approximate surface area is 172 Å². The monoisotopic (exact) mass is 404 g/mol. The first-order valence-corrected chi connectivity index (χ1v) is 10.4. The van der Waals surface area contributed by atoms with E-state index >= 15 is 0 Å². The van der Waals surface area contributed by atoms with Crippen LogP contribution in [0.25, 0.3) is 16.0 Å². The standard InChI is InChI=1S/C22H20N4O2S/c1-15-20(29-22(24-15)25-11-2-3-12-25)21(27)26-13-9-17(14-26)28-18-8-4-6-16-7-5-10-23-19(16)18/h2-8,10-12,17H,9,13-14H2,1H3. The number of hydrogen-bond donors (Lipinski definition) is 0. The van der Waals surface area contributed by atoms with Gasteiger partial charge >= 0.3 is 0 Å². The Kier molecular flexibility index (Phi) is 4.52. The summed E-state index contributed by atoms with van der Waals surface area (Å²) in [7, 11) is 0. The van der Waals surface area contributed by atoms with Crippen LogP contribution in [0.1, 0.15) is 21.8 Å². The highest BCUT2D eigenvalue weighted by Crippen LogP contribution is 2.28. The first-order chi connectivity index (χ1) is 14.2. The van der Waals surface area contributed by atoms with Gasteiger partial charge in [-0.05, 0) is 31.2 Å². The van der Waals surface area contributed by atoms with E-state index in [4.69, 9.17) is 4.74 Å². The highest BCUT2D eigenvalue weighted by Gasteiger charge is 2.31. The lowest BCUT2D eigenvalue weighted by Gasteiger charge is -2.17. The molecule has 1 amide bonds. The lowest BCUT2D eigenvalue weighted by molar-refractivity contribution is 0.0776. The smallest absolute Gasteiger partial charge is 0.266 e. The molecule has 29 heavy (non-hydrogen) atoms. The van der Waals surface area contributed by atoms with Gasteiger partial charge in [-0.2, -0.15) is 0 Å². The molecule has 0 spiro atoms. The van der Waals surface area contributed by atoms with E-state index in [1.165, 1.54) is 11.3 Å². The maximum absolute atomic E-state index is 13.1. The maximum atomic E-state index is 13.1. The van der Waals surface area contributed by atoms with Crippen LogP contribution in [0.15, 0.2) is 61.1 Å². The van der Waals surface area contributed by atoms with Gasteiger partial charge in [0.2, 0.25) is 0 Å². The van der Waals surface area contributed by atoms with Crippen molar-refractivity contribution in [1.29, 1.82) is 0 Å². The Balaban J connectivity index is 1.31. The first-order valence-electron chi connectivity index (χ1n) is 9.59. The van der Waals surface area contributed by atoms with Crippen LogP contribution in [0.3, 0.4) is 0 Å². The van der Waals surface area contributed by atoms with Crippen LogP contribution in [0.5, 0.6) is 5.75 Å². The predicted molar refractivity (Wildman–Crippen MR) is 113 cm³/mol. The van der Waals surface area contributed by atoms with Crippen LogP contribution in [0, 0.1) is 6.92 Å². The molecule has 0 bridgehead atoms. The van der Waals surface area contributed by atoms with Crippen molar-refractivity contribution >= 4 is 28.1 Å². The zero-order valence-corrected chi connectivity index (χ0v) is 16.8. The number of likely N-dealkylation sites (tertiary alicyclic amines) is 1. The molecule has 7 heteroatoms. The summed E-state index contributed by atoms with van der Waals surface area (Å²) >= 11 is 1.43. The van der Waals surface area contributed by atoms with Gasteiger partial charge in [0.25, 0.3) is 5.91 Å². The summed E-state index contributed by atoms with van der Waals surface area (Å²) in [6.07, 6.45) is 6.41. The van der Waals surface area contributed by atoms with Crippen LogP contribution in [0.4, 0.5) is 0 Å². The van der Waals surface area contributed by atoms with Crippen molar-refractivity contribution < 1.29 is 9.53 Å². The number of ether oxygens (including phenoxy) is 1. The molecule has 1 unspecified atom stereocenters. The Morgan fingerprint density at radius 2 is 2.00 bits per heavy atom. The van der Waals surface area contributed by atoms with E-state index in [1.54, 1.807) is 6.20 Å². The summed E-state index contributed by atoms with van der Waals surface area (Å²) in [5, 5.41) is 1.86. The minimum absolute atomic E-state index is 0.0283. The number of amides is 1. The molecule has 0 N–H and O–H groups in total. The van der Waals surface area contributed by atoms with E-state index in [0.29, 0.717) is 18.0 Å². The zero-order chi connectivity index (χ0) is 19.8. The van der Waals surface area contributed by atoms with Crippen molar-refractivity contribution in [2.45, 2.75) is 19.4 Å². The molecule has 4 heterocycles. The molecule has 5 rings (SSSR count). The minimum atomic E-state index is -0.0382. The number of carbonyl (C=O) groups is 1. The van der Waals surface area contributed by atoms with Gasteiger partial charge in [0.15, 0.2) is 5.13 Å². The molecule has 4 aromatic rings. The number of fused-ring (bicyclic) bond motifs is 1. The van der Waals surface area contributed by atoms with E-state index in [2.05, 4.69) is 9.97 Å². The van der Waals surface area contributed by atoms with Crippen molar-refractivity contribution in [2.75, 3.05) is 13.1 Å². The van der Waals surface area contributed by atoms with Gasteiger partial charge in [0.05, 0.1) is 12.2 Å². The van der Waals surface area contributed by atoms with Crippen molar-refractivity contribution in [3.05, 3.63) is 71.6 Å². The van der Waals surface area contributed by atoms with Crippen LogP contribution in [-0.4, -0.2) is 44.5 Å². The molecule has 1 aromatic carbocycles. The number of hydrogen-bond acceptors (Lipinski definition) is 5. The van der Waals surface area contributed by atoms with Gasteiger partial charge in [-0.25, -0.2) is 4.98 Å². The molecule has 1 atom stereocenters. The number of aryl methyl sites for hydroxylation is 1. The number of nitrogens with zero attached hydrogens (tertiary/aromatic N) is 4. The van der Waals surface area contributed by atoms with E-state index in [0.717, 1.165) is 33.9 Å². The molecule has 0 saturated carbocycles. The third kappa shape index (κ3) is 3.38. The fourth-order valence-corrected chi connectivity index (χ4v) is 4.66. The normalized spacial score (nSPS) is 16.4. The maximum Gasteiger partial charge on any atom is 0.266 e. The molecule has 146 valence electrons. The number of para-hydroxylation sites is 1. The largest absolute Gasteiger partial charge is 0.486 e. The Morgan fingerprint density at radius 3 is 2.86 bits per heavy atom. The van der Waals surface area contributed by atoms with Crippen molar-refractivity contribution in [3.8, 4) is 10.9 Å². The summed E-state index contributed by atoms with van der Waals surface area (Å²) in [4.78, 5) is 24.7. The molecule has 1 fully saturated rings. The van der Waals surface area contributed by atoms with Gasteiger partial charge < -0.3 is 14.2 Å². The average molecular weight is 404 g/mol. The average Bonchev–Trinajstić information content (AvgIpc) is 3.49. The second kappa shape index (κ2) is 7.33. The Morgan fingerprint density at radius 1 is 1.17 bits per heavy atom. The highest BCUT2D eigenvalue weighted by atomic mass is 32.1. The van der Waals surface area contributed by atoms with Crippen LogP contribution in [-0.2, 0) is 0 Å². The zero-order valence-electron chi connectivity index (χ0n) is 16.0. The Hall–Kier alpha value is -3.19. The summed E-state index contributed by atoms with van der Waals surface area (Å²) in [5.74, 6) is 0.798. The summed E-state index contributed by atoms with van der Waals surface area (Å²) in [5.41, 5.74) is 1.63. The van der Waals surface area contributed by atoms with E-state index in [1.807, 2.05) is 71.2 Å². The number of rotatable bonds is 4. The van der Waals surface area contributed by atoms with E-state index in [-0.39, 0.29) is 12.0 Å². The topological polar surface area (TPSA) is 60.2 Å².